The number of amides is 1. The third-order valence-electron chi connectivity index (χ3n) is 4.98. The van der Waals surface area contributed by atoms with E-state index in [0.717, 1.165) is 5.56 Å². The zero-order chi connectivity index (χ0) is 22.5. The van der Waals surface area contributed by atoms with Crippen LogP contribution < -0.4 is 10.1 Å². The van der Waals surface area contributed by atoms with Crippen LogP contribution in [0.5, 0.6) is 11.6 Å². The lowest BCUT2D eigenvalue weighted by atomic mass is 10.1. The molecule has 0 radical (unpaired) electrons. The van der Waals surface area contributed by atoms with E-state index in [1.807, 2.05) is 38.1 Å². The summed E-state index contributed by atoms with van der Waals surface area (Å²) in [7, 11) is 0. The van der Waals surface area contributed by atoms with Gasteiger partial charge in [0, 0.05) is 23.4 Å². The van der Waals surface area contributed by atoms with Crippen molar-refractivity contribution in [2.75, 3.05) is 0 Å². The first-order valence-electron chi connectivity index (χ1n) is 10.2. The van der Waals surface area contributed by atoms with E-state index < -0.39 is 0 Å². The Balaban J connectivity index is 1.47. The quantitative estimate of drug-likeness (QED) is 0.418. The number of hydrogen-bond acceptors (Lipinski definition) is 4. The first kappa shape index (κ1) is 21.2. The number of rotatable bonds is 6. The maximum absolute atomic E-state index is 13.2. The minimum atomic E-state index is -0.326. The van der Waals surface area contributed by atoms with Crippen LogP contribution in [0.3, 0.4) is 0 Å². The molecule has 32 heavy (non-hydrogen) atoms. The Morgan fingerprint density at radius 2 is 1.75 bits per heavy atom. The summed E-state index contributed by atoms with van der Waals surface area (Å²) in [6, 6.07) is 22.4. The number of carbonyl (C=O) groups excluding carboxylic acids is 1. The lowest BCUT2D eigenvalue weighted by Crippen LogP contribution is -2.26. The van der Waals surface area contributed by atoms with Crippen LogP contribution in [0.4, 0.5) is 4.39 Å². The highest BCUT2D eigenvalue weighted by atomic mass is 19.1. The predicted octanol–water partition coefficient (Wildman–Crippen LogP) is 5.87. The van der Waals surface area contributed by atoms with Crippen LogP contribution in [0.1, 0.15) is 34.5 Å². The largest absolute Gasteiger partial charge is 0.439 e. The van der Waals surface area contributed by atoms with Gasteiger partial charge in [-0.25, -0.2) is 9.37 Å². The lowest BCUT2D eigenvalue weighted by Gasteiger charge is -2.15. The van der Waals surface area contributed by atoms with Crippen molar-refractivity contribution in [1.29, 1.82) is 0 Å². The summed E-state index contributed by atoms with van der Waals surface area (Å²) in [5.74, 6) is 0.698. The fourth-order valence-corrected chi connectivity index (χ4v) is 3.18. The molecule has 1 amide bonds. The SMILES string of the molecule is Cc1ccc(C(C)NC(=O)c2cccc(Oc3ccnc(-c4ccc(F)cc4)n3)c2)cc1. The minimum absolute atomic E-state index is 0.132. The number of nitrogens with one attached hydrogen (secondary N) is 1. The Bertz CT molecular complexity index is 1220. The molecule has 0 fully saturated rings. The Labute approximate surface area is 185 Å². The van der Waals surface area contributed by atoms with E-state index in [2.05, 4.69) is 15.3 Å². The molecular formula is C26H22FN3O2. The van der Waals surface area contributed by atoms with E-state index in [1.165, 1.54) is 17.7 Å². The van der Waals surface area contributed by atoms with Crippen LogP contribution in [0.25, 0.3) is 11.4 Å². The number of ether oxygens (including phenoxy) is 1. The molecule has 5 nitrogen and oxygen atoms in total. The van der Waals surface area contributed by atoms with E-state index in [1.54, 1.807) is 48.7 Å². The molecule has 3 aromatic carbocycles. The van der Waals surface area contributed by atoms with Gasteiger partial charge in [0.25, 0.3) is 5.91 Å². The van der Waals surface area contributed by atoms with Gasteiger partial charge in [-0.1, -0.05) is 35.9 Å². The number of nitrogens with zero attached hydrogens (tertiary/aromatic N) is 2. The predicted molar refractivity (Wildman–Crippen MR) is 121 cm³/mol. The standard InChI is InChI=1S/C26H22FN3O2/c1-17-6-8-19(9-7-17)18(2)29-26(31)21-4-3-5-23(16-21)32-24-14-15-28-25(30-24)20-10-12-22(27)13-11-20/h3-16,18H,1-2H3,(H,29,31). The van der Waals surface area contributed by atoms with Gasteiger partial charge in [0.1, 0.15) is 11.6 Å². The maximum atomic E-state index is 13.2. The molecule has 1 atom stereocenters. The van der Waals surface area contributed by atoms with Crippen molar-refractivity contribution in [2.45, 2.75) is 19.9 Å². The van der Waals surface area contributed by atoms with E-state index >= 15 is 0 Å². The van der Waals surface area contributed by atoms with Crippen LogP contribution in [0.15, 0.2) is 85.1 Å². The Morgan fingerprint density at radius 3 is 2.50 bits per heavy atom. The average Bonchev–Trinajstić information content (AvgIpc) is 2.80. The van der Waals surface area contributed by atoms with E-state index in [9.17, 15) is 9.18 Å². The van der Waals surface area contributed by atoms with Crippen molar-refractivity contribution in [3.05, 3.63) is 108 Å². The second-order valence-corrected chi connectivity index (χ2v) is 7.46. The van der Waals surface area contributed by atoms with Crippen molar-refractivity contribution in [3.8, 4) is 23.0 Å². The molecule has 0 aliphatic heterocycles. The molecule has 6 heteroatoms. The molecule has 0 bridgehead atoms. The van der Waals surface area contributed by atoms with E-state index in [4.69, 9.17) is 4.74 Å². The highest BCUT2D eigenvalue weighted by molar-refractivity contribution is 5.94. The Morgan fingerprint density at radius 1 is 1.00 bits per heavy atom. The number of benzene rings is 3. The van der Waals surface area contributed by atoms with Gasteiger partial charge in [0.15, 0.2) is 5.82 Å². The van der Waals surface area contributed by atoms with Gasteiger partial charge in [0.05, 0.1) is 6.04 Å². The monoisotopic (exact) mass is 427 g/mol. The molecular weight excluding hydrogens is 405 g/mol. The van der Waals surface area contributed by atoms with Gasteiger partial charge in [0.2, 0.25) is 5.88 Å². The van der Waals surface area contributed by atoms with Crippen molar-refractivity contribution < 1.29 is 13.9 Å². The molecule has 1 aromatic heterocycles. The molecule has 0 saturated heterocycles. The third kappa shape index (κ3) is 5.16. The first-order valence-corrected chi connectivity index (χ1v) is 10.2. The summed E-state index contributed by atoms with van der Waals surface area (Å²) < 4.78 is 19.0. The van der Waals surface area contributed by atoms with Crippen molar-refractivity contribution in [1.82, 2.24) is 15.3 Å². The number of halogens is 1. The maximum Gasteiger partial charge on any atom is 0.251 e. The minimum Gasteiger partial charge on any atom is -0.439 e. The summed E-state index contributed by atoms with van der Waals surface area (Å²) in [6.07, 6.45) is 1.57. The molecule has 0 aliphatic rings. The summed E-state index contributed by atoms with van der Waals surface area (Å²) in [5.41, 5.74) is 3.36. The fourth-order valence-electron chi connectivity index (χ4n) is 3.18. The Kier molecular flexibility index (Phi) is 6.22. The molecule has 0 saturated carbocycles. The van der Waals surface area contributed by atoms with Gasteiger partial charge in [-0.15, -0.1) is 0 Å². The number of carbonyl (C=O) groups is 1. The number of hydrogen-bond donors (Lipinski definition) is 1. The third-order valence-corrected chi connectivity index (χ3v) is 4.98. The normalized spacial score (nSPS) is 11.6. The second-order valence-electron chi connectivity index (χ2n) is 7.46. The zero-order valence-corrected chi connectivity index (χ0v) is 17.7. The second kappa shape index (κ2) is 9.39. The summed E-state index contributed by atoms with van der Waals surface area (Å²) >= 11 is 0. The van der Waals surface area contributed by atoms with Crippen LogP contribution in [-0.4, -0.2) is 15.9 Å². The van der Waals surface area contributed by atoms with Gasteiger partial charge >= 0.3 is 0 Å². The molecule has 4 aromatic rings. The average molecular weight is 427 g/mol. The fraction of sp³-hybridized carbons (Fsp3) is 0.115. The zero-order valence-electron chi connectivity index (χ0n) is 17.7. The van der Waals surface area contributed by atoms with Crippen molar-refractivity contribution in [2.24, 2.45) is 0 Å². The van der Waals surface area contributed by atoms with E-state index in [-0.39, 0.29) is 17.8 Å². The molecule has 4 rings (SSSR count). The molecule has 1 heterocycles. The molecule has 0 aliphatic carbocycles. The Hall–Kier alpha value is -4.06. The number of aryl methyl sites for hydroxylation is 1. The van der Waals surface area contributed by atoms with E-state index in [0.29, 0.717) is 28.6 Å². The van der Waals surface area contributed by atoms with Gasteiger partial charge in [-0.3, -0.25) is 4.79 Å². The molecule has 160 valence electrons. The van der Waals surface area contributed by atoms with Gasteiger partial charge in [-0.2, -0.15) is 4.98 Å². The van der Waals surface area contributed by atoms with Crippen LogP contribution >= 0.6 is 0 Å². The van der Waals surface area contributed by atoms with Crippen molar-refractivity contribution in [3.63, 3.8) is 0 Å². The molecule has 0 spiro atoms. The highest BCUT2D eigenvalue weighted by Gasteiger charge is 2.13. The smallest absolute Gasteiger partial charge is 0.251 e. The van der Waals surface area contributed by atoms with Crippen LogP contribution in [0.2, 0.25) is 0 Å². The van der Waals surface area contributed by atoms with Crippen molar-refractivity contribution >= 4 is 5.91 Å². The highest BCUT2D eigenvalue weighted by Crippen LogP contribution is 2.23. The van der Waals surface area contributed by atoms with Gasteiger partial charge in [-0.05, 0) is 61.9 Å². The summed E-state index contributed by atoms with van der Waals surface area (Å²) in [6.45, 7) is 3.97. The van der Waals surface area contributed by atoms with Crippen LogP contribution in [0, 0.1) is 12.7 Å². The summed E-state index contributed by atoms with van der Waals surface area (Å²) in [5, 5.41) is 3.01. The summed E-state index contributed by atoms with van der Waals surface area (Å²) in [4.78, 5) is 21.3. The topological polar surface area (TPSA) is 64.1 Å². The molecule has 1 unspecified atom stereocenters. The number of aromatic nitrogens is 2. The first-order chi connectivity index (χ1) is 15.5. The van der Waals surface area contributed by atoms with Gasteiger partial charge < -0.3 is 10.1 Å². The molecule has 1 N–H and O–H groups in total. The van der Waals surface area contributed by atoms with Crippen LogP contribution in [-0.2, 0) is 0 Å². The lowest BCUT2D eigenvalue weighted by molar-refractivity contribution is 0.0939.